The van der Waals surface area contributed by atoms with Crippen LogP contribution in [0.5, 0.6) is 0 Å². The van der Waals surface area contributed by atoms with E-state index >= 15 is 0 Å². The van der Waals surface area contributed by atoms with Crippen molar-refractivity contribution < 1.29 is 18.4 Å². The highest BCUT2D eigenvalue weighted by atomic mass is 19.1. The predicted octanol–water partition coefficient (Wildman–Crippen LogP) is 4.22. The summed E-state index contributed by atoms with van der Waals surface area (Å²) in [7, 11) is 0. The van der Waals surface area contributed by atoms with Gasteiger partial charge in [-0.15, -0.1) is 0 Å². The van der Waals surface area contributed by atoms with E-state index in [1.807, 2.05) is 0 Å². The molecule has 0 radical (unpaired) electrons. The Morgan fingerprint density at radius 2 is 1.13 bits per heavy atom. The summed E-state index contributed by atoms with van der Waals surface area (Å²) in [5, 5.41) is 6.25. The summed E-state index contributed by atoms with van der Waals surface area (Å²) < 4.78 is 28.2. The van der Waals surface area contributed by atoms with Crippen LogP contribution in [0.1, 0.15) is 59.2 Å². The van der Waals surface area contributed by atoms with Gasteiger partial charge in [0.05, 0.1) is 11.1 Å². The highest BCUT2D eigenvalue weighted by Crippen LogP contribution is 2.57. The molecule has 4 bridgehead atoms. The second-order valence-electron chi connectivity index (χ2n) is 9.39. The molecule has 6 heteroatoms. The molecule has 30 heavy (non-hydrogen) atoms. The normalized spacial score (nSPS) is 31.4. The average Bonchev–Trinajstić information content (AvgIpc) is 2.66. The molecule has 0 atom stereocenters. The maximum Gasteiger partial charge on any atom is 0.254 e. The second-order valence-corrected chi connectivity index (χ2v) is 9.39. The minimum atomic E-state index is -0.540. The highest BCUT2D eigenvalue weighted by Gasteiger charge is 2.58. The standard InChI is InChI=1S/C24H24F2N2O2/c25-19-7-3-1-5-17(19)21(29)27-23-10-15-9-16(11-23)13-24(12-15,14-23)28-22(30)18-6-2-4-8-20(18)26/h1-8,15-16H,9-14H2,(H,27,29)(H,28,30). The number of halogens is 2. The van der Waals surface area contributed by atoms with Crippen LogP contribution in [0.2, 0.25) is 0 Å². The van der Waals surface area contributed by atoms with Gasteiger partial charge in [0.15, 0.2) is 0 Å². The van der Waals surface area contributed by atoms with E-state index in [-0.39, 0.29) is 11.1 Å². The summed E-state index contributed by atoms with van der Waals surface area (Å²) in [6, 6.07) is 12.0. The molecule has 2 N–H and O–H groups in total. The Labute approximate surface area is 174 Å². The third kappa shape index (κ3) is 3.28. The van der Waals surface area contributed by atoms with E-state index in [2.05, 4.69) is 10.6 Å². The molecule has 0 saturated heterocycles. The van der Waals surface area contributed by atoms with Gasteiger partial charge in [-0.25, -0.2) is 8.78 Å². The Kier molecular flexibility index (Phi) is 4.42. The molecule has 0 heterocycles. The maximum absolute atomic E-state index is 14.1. The van der Waals surface area contributed by atoms with Gasteiger partial charge in [0.25, 0.3) is 11.8 Å². The lowest BCUT2D eigenvalue weighted by Crippen LogP contribution is -2.69. The third-order valence-corrected chi connectivity index (χ3v) is 7.06. The van der Waals surface area contributed by atoms with Gasteiger partial charge in [0, 0.05) is 11.1 Å². The van der Waals surface area contributed by atoms with Crippen LogP contribution in [0.3, 0.4) is 0 Å². The highest BCUT2D eigenvalue weighted by molar-refractivity contribution is 5.96. The number of benzene rings is 2. The minimum absolute atomic E-state index is 0.0395. The lowest BCUT2D eigenvalue weighted by Gasteiger charge is -2.62. The number of hydrogen-bond acceptors (Lipinski definition) is 2. The molecule has 0 aliphatic heterocycles. The fourth-order valence-electron chi connectivity index (χ4n) is 6.46. The molecule has 2 amide bonds. The van der Waals surface area contributed by atoms with Crippen molar-refractivity contribution in [1.82, 2.24) is 10.6 Å². The molecule has 2 aromatic rings. The topological polar surface area (TPSA) is 58.2 Å². The van der Waals surface area contributed by atoms with Crippen LogP contribution in [-0.4, -0.2) is 22.9 Å². The van der Waals surface area contributed by atoms with Crippen molar-refractivity contribution in [2.24, 2.45) is 11.8 Å². The maximum atomic E-state index is 14.1. The van der Waals surface area contributed by atoms with Gasteiger partial charge in [0.2, 0.25) is 0 Å². The molecule has 0 unspecified atom stereocenters. The van der Waals surface area contributed by atoms with Crippen LogP contribution < -0.4 is 10.6 Å². The van der Waals surface area contributed by atoms with Crippen LogP contribution >= 0.6 is 0 Å². The van der Waals surface area contributed by atoms with Gasteiger partial charge in [0.1, 0.15) is 11.6 Å². The van der Waals surface area contributed by atoms with Gasteiger partial charge in [-0.05, 0) is 74.6 Å². The fourth-order valence-corrected chi connectivity index (χ4v) is 6.46. The number of rotatable bonds is 4. The molecule has 156 valence electrons. The molecule has 2 aromatic carbocycles. The van der Waals surface area contributed by atoms with Crippen molar-refractivity contribution in [3.05, 3.63) is 71.3 Å². The number of hydrogen-bond donors (Lipinski definition) is 2. The van der Waals surface area contributed by atoms with E-state index in [4.69, 9.17) is 0 Å². The summed E-state index contributed by atoms with van der Waals surface area (Å²) >= 11 is 0. The monoisotopic (exact) mass is 410 g/mol. The van der Waals surface area contributed by atoms with Gasteiger partial charge >= 0.3 is 0 Å². The number of nitrogens with one attached hydrogen (secondary N) is 2. The molecule has 4 fully saturated rings. The van der Waals surface area contributed by atoms with Crippen LogP contribution in [-0.2, 0) is 0 Å². The smallest absolute Gasteiger partial charge is 0.254 e. The average molecular weight is 410 g/mol. The Morgan fingerprint density at radius 1 is 0.733 bits per heavy atom. The summed E-state index contributed by atoms with van der Waals surface area (Å²) in [5.41, 5.74) is -0.854. The quantitative estimate of drug-likeness (QED) is 0.793. The van der Waals surface area contributed by atoms with Gasteiger partial charge in [-0.2, -0.15) is 0 Å². The van der Waals surface area contributed by atoms with Crippen molar-refractivity contribution in [2.45, 2.75) is 49.6 Å². The van der Waals surface area contributed by atoms with E-state index in [9.17, 15) is 18.4 Å². The summed E-state index contributed by atoms with van der Waals surface area (Å²) in [6.07, 6.45) is 5.01. The van der Waals surface area contributed by atoms with E-state index in [1.54, 1.807) is 24.3 Å². The van der Waals surface area contributed by atoms with Crippen molar-refractivity contribution in [3.8, 4) is 0 Å². The van der Waals surface area contributed by atoms with Crippen LogP contribution in [0.15, 0.2) is 48.5 Å². The SMILES string of the molecule is O=C(NC12CC3CC(C1)CC(NC(=O)c1ccccc1F)(C3)C2)c1ccccc1F. The van der Waals surface area contributed by atoms with Crippen LogP contribution in [0.4, 0.5) is 8.78 Å². The first kappa shape index (κ1) is 19.2. The first-order valence-corrected chi connectivity index (χ1v) is 10.5. The molecule has 4 aliphatic rings. The van der Waals surface area contributed by atoms with Gasteiger partial charge < -0.3 is 10.6 Å². The van der Waals surface area contributed by atoms with E-state index in [0.717, 1.165) is 32.1 Å². The predicted molar refractivity (Wildman–Crippen MR) is 108 cm³/mol. The largest absolute Gasteiger partial charge is 0.346 e. The van der Waals surface area contributed by atoms with Gasteiger partial charge in [-0.1, -0.05) is 24.3 Å². The Morgan fingerprint density at radius 3 is 1.53 bits per heavy atom. The minimum Gasteiger partial charge on any atom is -0.346 e. The Hall–Kier alpha value is -2.76. The zero-order chi connectivity index (χ0) is 20.9. The lowest BCUT2D eigenvalue weighted by molar-refractivity contribution is -0.0448. The Bertz CT molecular complexity index is 930. The van der Waals surface area contributed by atoms with Crippen molar-refractivity contribution >= 4 is 11.8 Å². The third-order valence-electron chi connectivity index (χ3n) is 7.06. The lowest BCUT2D eigenvalue weighted by atomic mass is 9.49. The van der Waals surface area contributed by atoms with Crippen molar-refractivity contribution in [2.75, 3.05) is 0 Å². The first-order chi connectivity index (χ1) is 14.4. The van der Waals surface area contributed by atoms with Crippen molar-refractivity contribution in [3.63, 3.8) is 0 Å². The van der Waals surface area contributed by atoms with E-state index in [0.29, 0.717) is 18.3 Å². The zero-order valence-electron chi connectivity index (χ0n) is 16.6. The first-order valence-electron chi connectivity index (χ1n) is 10.5. The van der Waals surface area contributed by atoms with E-state index in [1.165, 1.54) is 24.3 Å². The Balaban J connectivity index is 1.40. The molecular formula is C24H24F2N2O2. The number of carbonyl (C=O) groups is 2. The molecule has 6 rings (SSSR count). The number of carbonyl (C=O) groups excluding carboxylic acids is 2. The zero-order valence-corrected chi connectivity index (χ0v) is 16.6. The van der Waals surface area contributed by atoms with Crippen molar-refractivity contribution in [1.29, 1.82) is 0 Å². The summed E-state index contributed by atoms with van der Waals surface area (Å²) in [4.78, 5) is 25.7. The van der Waals surface area contributed by atoms with Gasteiger partial charge in [-0.3, -0.25) is 9.59 Å². The molecule has 0 spiro atoms. The molecule has 4 nitrogen and oxygen atoms in total. The summed E-state index contributed by atoms with van der Waals surface area (Å²) in [5.74, 6) is -1.14. The molecule has 0 aromatic heterocycles. The van der Waals surface area contributed by atoms with Crippen LogP contribution in [0, 0.1) is 23.5 Å². The second kappa shape index (κ2) is 6.89. The fraction of sp³-hybridized carbons (Fsp3) is 0.417. The van der Waals surface area contributed by atoms with Crippen LogP contribution in [0.25, 0.3) is 0 Å². The number of amides is 2. The molecule has 4 saturated carbocycles. The van der Waals surface area contributed by atoms with E-state index < -0.39 is 34.5 Å². The molecule has 4 aliphatic carbocycles. The molecular weight excluding hydrogens is 386 g/mol. The summed E-state index contributed by atoms with van der Waals surface area (Å²) in [6.45, 7) is 0.